The normalized spacial score (nSPS) is 14.5. The molecule has 1 aliphatic rings. The Bertz CT molecular complexity index is 1290. The summed E-state index contributed by atoms with van der Waals surface area (Å²) >= 11 is 1.63. The van der Waals surface area contributed by atoms with E-state index >= 15 is 0 Å². The molecule has 0 N–H and O–H groups in total. The van der Waals surface area contributed by atoms with Crippen LogP contribution in [0.2, 0.25) is 0 Å². The summed E-state index contributed by atoms with van der Waals surface area (Å²) in [6.45, 7) is 7.94. The lowest BCUT2D eigenvalue weighted by Gasteiger charge is -2.35. The molecule has 3 aromatic heterocycles. The summed E-state index contributed by atoms with van der Waals surface area (Å²) in [5.74, 6) is 1.83. The van der Waals surface area contributed by atoms with E-state index in [4.69, 9.17) is 4.74 Å². The number of aryl methyl sites for hydroxylation is 1. The molecule has 166 valence electrons. The predicted molar refractivity (Wildman–Crippen MR) is 129 cm³/mol. The van der Waals surface area contributed by atoms with Crippen LogP contribution in [0.1, 0.15) is 29.4 Å². The van der Waals surface area contributed by atoms with Gasteiger partial charge in [-0.1, -0.05) is 6.92 Å². The molecule has 4 heterocycles. The lowest BCUT2D eigenvalue weighted by atomic mass is 10.1. The molecular weight excluding hydrogens is 422 g/mol. The molecule has 0 bridgehead atoms. The number of hydrogen-bond acceptors (Lipinski definition) is 6. The van der Waals surface area contributed by atoms with Crippen LogP contribution in [0, 0.1) is 6.92 Å². The third-order valence-corrected chi connectivity index (χ3v) is 7.12. The van der Waals surface area contributed by atoms with Crippen LogP contribution in [-0.4, -0.2) is 58.6 Å². The van der Waals surface area contributed by atoms with Crippen molar-refractivity contribution in [1.82, 2.24) is 19.4 Å². The number of piperazine rings is 1. The highest BCUT2D eigenvalue weighted by Gasteiger charge is 2.28. The molecule has 1 aromatic carbocycles. The maximum absolute atomic E-state index is 13.7. The first kappa shape index (κ1) is 20.8. The molecule has 4 aromatic rings. The number of methoxy groups -OCH3 is 1. The summed E-state index contributed by atoms with van der Waals surface area (Å²) in [5, 5.41) is 4.10. The highest BCUT2D eigenvalue weighted by atomic mass is 32.1. The third kappa shape index (κ3) is 3.39. The van der Waals surface area contributed by atoms with Crippen molar-refractivity contribution in [1.29, 1.82) is 0 Å². The number of thiophene rings is 1. The topological polar surface area (TPSA) is 63.5 Å². The average molecular weight is 450 g/mol. The van der Waals surface area contributed by atoms with Gasteiger partial charge in [0.25, 0.3) is 5.91 Å². The molecule has 0 aliphatic carbocycles. The van der Waals surface area contributed by atoms with Crippen molar-refractivity contribution >= 4 is 44.2 Å². The van der Waals surface area contributed by atoms with Gasteiger partial charge in [0.15, 0.2) is 0 Å². The SMILES string of the molecule is CCCn1c(C)c(C(=O)N2CCN(c3ncnc4sccc34)CC2)c2cc(OC)ccc21. The van der Waals surface area contributed by atoms with E-state index in [1.807, 2.05) is 22.4 Å². The van der Waals surface area contributed by atoms with Gasteiger partial charge in [-0.15, -0.1) is 11.3 Å². The minimum atomic E-state index is 0.0959. The van der Waals surface area contributed by atoms with Crippen molar-refractivity contribution in [2.24, 2.45) is 0 Å². The number of benzene rings is 1. The summed E-state index contributed by atoms with van der Waals surface area (Å²) in [6.07, 6.45) is 2.64. The summed E-state index contributed by atoms with van der Waals surface area (Å²) < 4.78 is 7.71. The number of carbonyl (C=O) groups excluding carboxylic acids is 1. The van der Waals surface area contributed by atoms with E-state index in [1.165, 1.54) is 0 Å². The van der Waals surface area contributed by atoms with E-state index in [-0.39, 0.29) is 5.91 Å². The van der Waals surface area contributed by atoms with Gasteiger partial charge in [0, 0.05) is 49.3 Å². The number of aromatic nitrogens is 3. The molecule has 1 fully saturated rings. The number of ether oxygens (including phenoxy) is 1. The number of hydrogen-bond donors (Lipinski definition) is 0. The second kappa shape index (κ2) is 8.43. The van der Waals surface area contributed by atoms with Crippen LogP contribution in [0.4, 0.5) is 5.82 Å². The highest BCUT2D eigenvalue weighted by Crippen LogP contribution is 2.32. The summed E-state index contributed by atoms with van der Waals surface area (Å²) in [7, 11) is 1.66. The van der Waals surface area contributed by atoms with Crippen LogP contribution in [-0.2, 0) is 6.54 Å². The van der Waals surface area contributed by atoms with E-state index < -0.39 is 0 Å². The molecule has 0 unspecified atom stereocenters. The Morgan fingerprint density at radius 1 is 1.12 bits per heavy atom. The van der Waals surface area contributed by atoms with Gasteiger partial charge in [-0.05, 0) is 43.0 Å². The van der Waals surface area contributed by atoms with Crippen LogP contribution in [0.5, 0.6) is 5.75 Å². The second-order valence-electron chi connectivity index (χ2n) is 8.11. The van der Waals surface area contributed by atoms with E-state index in [0.29, 0.717) is 13.1 Å². The van der Waals surface area contributed by atoms with Gasteiger partial charge in [-0.3, -0.25) is 4.79 Å². The van der Waals surface area contributed by atoms with Crippen molar-refractivity contribution in [2.75, 3.05) is 38.2 Å². The Balaban J connectivity index is 1.43. The van der Waals surface area contributed by atoms with Crippen LogP contribution < -0.4 is 9.64 Å². The Morgan fingerprint density at radius 3 is 2.69 bits per heavy atom. The van der Waals surface area contributed by atoms with E-state index in [2.05, 4.69) is 45.4 Å². The van der Waals surface area contributed by atoms with E-state index in [1.54, 1.807) is 24.8 Å². The number of rotatable bonds is 5. The zero-order valence-electron chi connectivity index (χ0n) is 18.7. The fourth-order valence-electron chi connectivity index (χ4n) is 4.68. The molecule has 0 saturated carbocycles. The molecule has 0 atom stereocenters. The van der Waals surface area contributed by atoms with Crippen LogP contribution in [0.25, 0.3) is 21.1 Å². The summed E-state index contributed by atoms with van der Waals surface area (Å²) in [4.78, 5) is 27.8. The number of amides is 1. The maximum atomic E-state index is 13.7. The Morgan fingerprint density at radius 2 is 1.94 bits per heavy atom. The van der Waals surface area contributed by atoms with Gasteiger partial charge in [0.05, 0.1) is 18.1 Å². The second-order valence-corrected chi connectivity index (χ2v) is 9.01. The summed E-state index contributed by atoms with van der Waals surface area (Å²) in [5.41, 5.74) is 2.91. The minimum absolute atomic E-state index is 0.0959. The fourth-order valence-corrected chi connectivity index (χ4v) is 5.41. The maximum Gasteiger partial charge on any atom is 0.256 e. The first-order valence-electron chi connectivity index (χ1n) is 11.0. The fraction of sp³-hybridized carbons (Fsp3) is 0.375. The molecule has 32 heavy (non-hydrogen) atoms. The van der Waals surface area contributed by atoms with Gasteiger partial charge in [-0.2, -0.15) is 0 Å². The molecule has 7 nitrogen and oxygen atoms in total. The molecule has 5 rings (SSSR count). The molecule has 0 spiro atoms. The van der Waals surface area contributed by atoms with Gasteiger partial charge >= 0.3 is 0 Å². The molecule has 0 radical (unpaired) electrons. The summed E-state index contributed by atoms with van der Waals surface area (Å²) in [6, 6.07) is 8.10. The Hall–Kier alpha value is -3.13. The quantitative estimate of drug-likeness (QED) is 0.454. The predicted octanol–water partition coefficient (Wildman–Crippen LogP) is 4.34. The molecule has 1 amide bonds. The first-order chi connectivity index (χ1) is 15.6. The first-order valence-corrected chi connectivity index (χ1v) is 11.9. The number of anilines is 1. The molecule has 1 saturated heterocycles. The number of carbonyl (C=O) groups is 1. The zero-order valence-corrected chi connectivity index (χ0v) is 19.5. The van der Waals surface area contributed by atoms with E-state index in [0.717, 1.165) is 70.0 Å². The van der Waals surface area contributed by atoms with Gasteiger partial charge in [0.2, 0.25) is 0 Å². The smallest absolute Gasteiger partial charge is 0.256 e. The van der Waals surface area contributed by atoms with E-state index in [9.17, 15) is 4.79 Å². The Labute approximate surface area is 191 Å². The van der Waals surface area contributed by atoms with Gasteiger partial charge in [0.1, 0.15) is 22.7 Å². The van der Waals surface area contributed by atoms with Gasteiger partial charge < -0.3 is 19.1 Å². The lowest BCUT2D eigenvalue weighted by molar-refractivity contribution is 0.0747. The standard InChI is InChI=1S/C24H27N5O2S/c1-4-8-29-16(2)21(19-14-17(31-3)5-6-20(19)29)24(30)28-11-9-27(10-12-28)22-18-7-13-32-23(18)26-15-25-22/h5-7,13-15H,4,8-12H2,1-3H3. The molecule has 1 aliphatic heterocycles. The lowest BCUT2D eigenvalue weighted by Crippen LogP contribution is -2.49. The van der Waals surface area contributed by atoms with Crippen molar-refractivity contribution in [3.63, 3.8) is 0 Å². The minimum Gasteiger partial charge on any atom is -0.497 e. The third-order valence-electron chi connectivity index (χ3n) is 6.30. The Kier molecular flexibility index (Phi) is 5.46. The zero-order chi connectivity index (χ0) is 22.2. The molecular formula is C24H27N5O2S. The average Bonchev–Trinajstić information content (AvgIpc) is 3.41. The van der Waals surface area contributed by atoms with Crippen molar-refractivity contribution in [2.45, 2.75) is 26.8 Å². The molecule has 8 heteroatoms. The van der Waals surface area contributed by atoms with Crippen LogP contribution in [0.3, 0.4) is 0 Å². The van der Waals surface area contributed by atoms with Crippen LogP contribution in [0.15, 0.2) is 36.0 Å². The number of fused-ring (bicyclic) bond motifs is 2. The highest BCUT2D eigenvalue weighted by molar-refractivity contribution is 7.16. The number of nitrogens with zero attached hydrogens (tertiary/aromatic N) is 5. The van der Waals surface area contributed by atoms with Crippen molar-refractivity contribution in [3.8, 4) is 5.75 Å². The monoisotopic (exact) mass is 449 g/mol. The van der Waals surface area contributed by atoms with Crippen LogP contribution >= 0.6 is 11.3 Å². The van der Waals surface area contributed by atoms with Crippen molar-refractivity contribution < 1.29 is 9.53 Å². The van der Waals surface area contributed by atoms with Gasteiger partial charge in [-0.25, -0.2) is 9.97 Å². The largest absolute Gasteiger partial charge is 0.497 e. The van der Waals surface area contributed by atoms with Crippen molar-refractivity contribution in [3.05, 3.63) is 47.2 Å².